The van der Waals surface area contributed by atoms with Gasteiger partial charge in [0.2, 0.25) is 0 Å². The minimum atomic E-state index is -0.279. The fraction of sp³-hybridized carbons (Fsp3) is 0.263. The zero-order chi connectivity index (χ0) is 19.2. The molecule has 0 spiro atoms. The molecule has 0 bridgehead atoms. The second-order valence-electron chi connectivity index (χ2n) is 6.27. The summed E-state index contributed by atoms with van der Waals surface area (Å²) in [5.41, 5.74) is 10.6. The first-order chi connectivity index (χ1) is 13.1. The summed E-state index contributed by atoms with van der Waals surface area (Å²) in [6, 6.07) is 10.3. The second-order valence-corrected chi connectivity index (χ2v) is 7.33. The van der Waals surface area contributed by atoms with Gasteiger partial charge in [0, 0.05) is 22.2 Å². The molecular weight excluding hydrogens is 363 g/mol. The Morgan fingerprint density at radius 3 is 2.81 bits per heavy atom. The van der Waals surface area contributed by atoms with Crippen molar-refractivity contribution in [3.05, 3.63) is 82.1 Å². The molecule has 0 saturated heterocycles. The highest BCUT2D eigenvalue weighted by Gasteiger charge is 2.20. The molecular formula is C19H19FN6S. The van der Waals surface area contributed by atoms with Gasteiger partial charge in [0.1, 0.15) is 16.7 Å². The van der Waals surface area contributed by atoms with Gasteiger partial charge in [0.25, 0.3) is 0 Å². The smallest absolute Gasteiger partial charge is 0.124 e. The van der Waals surface area contributed by atoms with Crippen LogP contribution >= 0.6 is 11.8 Å². The van der Waals surface area contributed by atoms with E-state index >= 15 is 0 Å². The van der Waals surface area contributed by atoms with Crippen LogP contribution < -0.4 is 0 Å². The Kier molecular flexibility index (Phi) is 6.11. The predicted molar refractivity (Wildman–Crippen MR) is 103 cm³/mol. The number of imidazole rings is 1. The normalized spacial score (nSPS) is 10.8. The van der Waals surface area contributed by atoms with E-state index in [1.165, 1.54) is 23.9 Å². The molecule has 0 radical (unpaired) electrons. The van der Waals surface area contributed by atoms with Crippen LogP contribution in [0.3, 0.4) is 0 Å². The van der Waals surface area contributed by atoms with Crippen LogP contribution in [-0.2, 0) is 13.1 Å². The summed E-state index contributed by atoms with van der Waals surface area (Å²) >= 11 is 1.46. The third kappa shape index (κ3) is 4.67. The molecule has 0 aliphatic rings. The third-order valence-corrected chi connectivity index (χ3v) is 5.03. The zero-order valence-corrected chi connectivity index (χ0v) is 15.9. The number of hydrogen-bond acceptors (Lipinski definition) is 4. The maximum atomic E-state index is 13.6. The van der Waals surface area contributed by atoms with Crippen LogP contribution in [0, 0.1) is 5.82 Å². The van der Waals surface area contributed by atoms with Crippen LogP contribution in [0.2, 0.25) is 0 Å². The number of hydrogen-bond donors (Lipinski definition) is 0. The van der Waals surface area contributed by atoms with Crippen molar-refractivity contribution in [3.8, 4) is 0 Å². The van der Waals surface area contributed by atoms with Crippen molar-refractivity contribution < 1.29 is 4.39 Å². The van der Waals surface area contributed by atoms with Crippen LogP contribution in [0.4, 0.5) is 4.39 Å². The van der Waals surface area contributed by atoms with Crippen molar-refractivity contribution in [3.63, 3.8) is 0 Å². The van der Waals surface area contributed by atoms with Crippen molar-refractivity contribution in [2.45, 2.75) is 42.8 Å². The summed E-state index contributed by atoms with van der Waals surface area (Å²) < 4.78 is 15.7. The Hall–Kier alpha value is -2.83. The molecule has 0 aliphatic heterocycles. The minimum absolute atomic E-state index is 0.153. The molecule has 0 aliphatic carbocycles. The Balaban J connectivity index is 2.09. The third-order valence-electron chi connectivity index (χ3n) is 3.92. The minimum Gasteiger partial charge on any atom is -0.318 e. The van der Waals surface area contributed by atoms with Gasteiger partial charge >= 0.3 is 0 Å². The largest absolute Gasteiger partial charge is 0.318 e. The average molecular weight is 382 g/mol. The van der Waals surface area contributed by atoms with E-state index in [9.17, 15) is 4.39 Å². The van der Waals surface area contributed by atoms with Gasteiger partial charge in [-0.1, -0.05) is 42.9 Å². The van der Waals surface area contributed by atoms with E-state index in [0.29, 0.717) is 12.4 Å². The first-order valence-electron chi connectivity index (χ1n) is 8.51. The molecule has 2 aromatic heterocycles. The van der Waals surface area contributed by atoms with Crippen molar-refractivity contribution in [1.82, 2.24) is 14.5 Å². The highest BCUT2D eigenvalue weighted by Crippen LogP contribution is 2.35. The Morgan fingerprint density at radius 1 is 1.30 bits per heavy atom. The summed E-state index contributed by atoms with van der Waals surface area (Å²) in [6.45, 7) is 4.81. The molecule has 6 nitrogen and oxygen atoms in total. The number of azide groups is 1. The molecule has 0 saturated carbocycles. The van der Waals surface area contributed by atoms with E-state index in [1.54, 1.807) is 18.5 Å². The molecule has 0 unspecified atom stereocenters. The number of rotatable bonds is 7. The lowest BCUT2D eigenvalue weighted by Crippen LogP contribution is -2.06. The molecule has 0 amide bonds. The summed E-state index contributed by atoms with van der Waals surface area (Å²) in [5, 5.41) is 4.61. The van der Waals surface area contributed by atoms with E-state index in [4.69, 9.17) is 10.5 Å². The Bertz CT molecular complexity index is 964. The van der Waals surface area contributed by atoms with Crippen LogP contribution in [0.25, 0.3) is 10.4 Å². The first-order valence-corrected chi connectivity index (χ1v) is 9.32. The van der Waals surface area contributed by atoms with Crippen LogP contribution in [-0.4, -0.2) is 14.5 Å². The molecule has 0 N–H and O–H groups in total. The number of nitrogens with zero attached hydrogens (tertiary/aromatic N) is 6. The highest BCUT2D eigenvalue weighted by molar-refractivity contribution is 7.99. The maximum absolute atomic E-state index is 13.6. The fourth-order valence-corrected chi connectivity index (χ4v) is 3.89. The molecule has 1 aromatic carbocycles. The topological polar surface area (TPSA) is 79.5 Å². The van der Waals surface area contributed by atoms with Crippen molar-refractivity contribution >= 4 is 11.8 Å². The molecule has 0 fully saturated rings. The number of pyridine rings is 1. The Labute approximate surface area is 161 Å². The van der Waals surface area contributed by atoms with E-state index in [2.05, 4.69) is 28.9 Å². The maximum Gasteiger partial charge on any atom is 0.124 e. The van der Waals surface area contributed by atoms with Crippen molar-refractivity contribution in [1.29, 1.82) is 0 Å². The van der Waals surface area contributed by atoms with Gasteiger partial charge in [-0.05, 0) is 41.3 Å². The summed E-state index contributed by atoms with van der Waals surface area (Å²) in [6.07, 6.45) is 3.52. The lowest BCUT2D eigenvalue weighted by atomic mass is 10.1. The van der Waals surface area contributed by atoms with Crippen LogP contribution in [0.15, 0.2) is 63.8 Å². The van der Waals surface area contributed by atoms with Gasteiger partial charge in [-0.15, -0.1) is 0 Å². The summed E-state index contributed by atoms with van der Waals surface area (Å²) in [4.78, 5) is 12.5. The average Bonchev–Trinajstić information content (AvgIpc) is 2.98. The van der Waals surface area contributed by atoms with Gasteiger partial charge < -0.3 is 4.57 Å². The van der Waals surface area contributed by atoms with Gasteiger partial charge in [0.15, 0.2) is 0 Å². The molecule has 3 aromatic rings. The van der Waals surface area contributed by atoms with Gasteiger partial charge in [-0.3, -0.25) is 4.98 Å². The lowest BCUT2D eigenvalue weighted by Gasteiger charge is -2.13. The van der Waals surface area contributed by atoms with Crippen LogP contribution in [0.1, 0.15) is 36.8 Å². The van der Waals surface area contributed by atoms with Crippen molar-refractivity contribution in [2.24, 2.45) is 5.11 Å². The second kappa shape index (κ2) is 8.70. The van der Waals surface area contributed by atoms with E-state index in [-0.39, 0.29) is 18.3 Å². The SMILES string of the molecule is CC(C)c1nc(CN=[N+]=[N-])n(Cc2cccnc2)c1Sc1cccc(F)c1. The van der Waals surface area contributed by atoms with Gasteiger partial charge in [-0.25, -0.2) is 9.37 Å². The summed E-state index contributed by atoms with van der Waals surface area (Å²) in [7, 11) is 0. The molecule has 27 heavy (non-hydrogen) atoms. The summed E-state index contributed by atoms with van der Waals surface area (Å²) in [5.74, 6) is 0.569. The highest BCUT2D eigenvalue weighted by atomic mass is 32.2. The molecule has 2 heterocycles. The van der Waals surface area contributed by atoms with E-state index in [1.807, 2.05) is 22.8 Å². The molecule has 3 rings (SSSR count). The number of benzene rings is 1. The standard InChI is InChI=1S/C19H19FN6S/c1-13(2)18-19(27-16-7-3-6-15(20)9-16)26(17(24-18)11-23-25-21)12-14-5-4-8-22-10-14/h3-10,13H,11-12H2,1-2H3. The van der Waals surface area contributed by atoms with E-state index in [0.717, 1.165) is 21.2 Å². The fourth-order valence-electron chi connectivity index (χ4n) is 2.68. The van der Waals surface area contributed by atoms with Crippen molar-refractivity contribution in [2.75, 3.05) is 0 Å². The molecule has 138 valence electrons. The van der Waals surface area contributed by atoms with Gasteiger partial charge in [0.05, 0.1) is 18.8 Å². The number of halogens is 1. The quantitative estimate of drug-likeness (QED) is 0.305. The first kappa shape index (κ1) is 18.9. The van der Waals surface area contributed by atoms with Crippen LogP contribution in [0.5, 0.6) is 0 Å². The monoisotopic (exact) mass is 382 g/mol. The number of aromatic nitrogens is 3. The molecule has 8 heteroatoms. The zero-order valence-electron chi connectivity index (χ0n) is 15.1. The molecule has 0 atom stereocenters. The predicted octanol–water partition coefficient (Wildman–Crippen LogP) is 5.55. The lowest BCUT2D eigenvalue weighted by molar-refractivity contribution is 0.624. The van der Waals surface area contributed by atoms with Gasteiger partial charge in [-0.2, -0.15) is 0 Å². The van der Waals surface area contributed by atoms with E-state index < -0.39 is 0 Å². The Morgan fingerprint density at radius 2 is 2.15 bits per heavy atom.